The summed E-state index contributed by atoms with van der Waals surface area (Å²) in [6.07, 6.45) is -0.594. The minimum atomic E-state index is -0.601. The van der Waals surface area contributed by atoms with E-state index in [9.17, 15) is 14.9 Å². The number of ether oxygens (including phenoxy) is 1. The number of benzene rings is 1. The molecule has 102 valence electrons. The Hall–Kier alpha value is -1.70. The summed E-state index contributed by atoms with van der Waals surface area (Å²) in [4.78, 5) is 22.0. The summed E-state index contributed by atoms with van der Waals surface area (Å²) in [7, 11) is 0. The molecular formula is C11H12ClN3O4. The number of rotatable bonds is 3. The Morgan fingerprint density at radius 3 is 3.00 bits per heavy atom. The first-order valence-electron chi connectivity index (χ1n) is 5.65. The molecule has 1 heterocycles. The molecule has 0 saturated carbocycles. The van der Waals surface area contributed by atoms with Crippen LogP contribution in [0.5, 0.6) is 0 Å². The molecule has 0 bridgehead atoms. The average molecular weight is 286 g/mol. The van der Waals surface area contributed by atoms with Gasteiger partial charge in [-0.25, -0.2) is 0 Å². The highest BCUT2D eigenvalue weighted by atomic mass is 35.5. The molecule has 1 aromatic carbocycles. The van der Waals surface area contributed by atoms with E-state index >= 15 is 0 Å². The number of hydrogen-bond donors (Lipinski definition) is 2. The van der Waals surface area contributed by atoms with E-state index in [0.29, 0.717) is 25.4 Å². The van der Waals surface area contributed by atoms with Crippen LogP contribution in [0.1, 0.15) is 0 Å². The van der Waals surface area contributed by atoms with Crippen LogP contribution < -0.4 is 10.6 Å². The van der Waals surface area contributed by atoms with Crippen molar-refractivity contribution in [2.24, 2.45) is 0 Å². The average Bonchev–Trinajstić information content (AvgIpc) is 2.41. The summed E-state index contributed by atoms with van der Waals surface area (Å²) in [5, 5.41) is 16.4. The number of carbonyl (C=O) groups is 1. The van der Waals surface area contributed by atoms with Gasteiger partial charge in [0.2, 0.25) is 0 Å². The monoisotopic (exact) mass is 285 g/mol. The van der Waals surface area contributed by atoms with Crippen LogP contribution in [0.2, 0.25) is 5.02 Å². The predicted octanol–water partition coefficient (Wildman–Crippen LogP) is 1.18. The molecule has 1 amide bonds. The molecule has 1 aliphatic heterocycles. The highest BCUT2D eigenvalue weighted by Gasteiger charge is 2.22. The lowest BCUT2D eigenvalue weighted by atomic mass is 10.2. The Labute approximate surface area is 114 Å². The van der Waals surface area contributed by atoms with E-state index in [4.69, 9.17) is 16.3 Å². The Morgan fingerprint density at radius 2 is 2.37 bits per heavy atom. The lowest BCUT2D eigenvalue weighted by molar-refractivity contribution is -0.384. The Balaban J connectivity index is 2.08. The SMILES string of the molecule is O=C(Nc1ccc(Cl)c([N+](=O)[O-])c1)C1CNCCO1. The third kappa shape index (κ3) is 3.40. The quantitative estimate of drug-likeness (QED) is 0.642. The Morgan fingerprint density at radius 1 is 1.58 bits per heavy atom. The van der Waals surface area contributed by atoms with Crippen molar-refractivity contribution in [2.45, 2.75) is 6.10 Å². The van der Waals surface area contributed by atoms with E-state index in [0.717, 1.165) is 0 Å². The van der Waals surface area contributed by atoms with Gasteiger partial charge >= 0.3 is 0 Å². The standard InChI is InChI=1S/C11H12ClN3O4/c12-8-2-1-7(5-9(8)15(17)18)14-11(16)10-6-13-3-4-19-10/h1-2,5,10,13H,3-4,6H2,(H,14,16). The minimum absolute atomic E-state index is 0.0265. The van der Waals surface area contributed by atoms with Crippen LogP contribution in [0.3, 0.4) is 0 Å². The Kier molecular flexibility index (Phi) is 4.31. The molecular weight excluding hydrogens is 274 g/mol. The van der Waals surface area contributed by atoms with Crippen LogP contribution in [-0.4, -0.2) is 36.6 Å². The van der Waals surface area contributed by atoms with Gasteiger partial charge in [0, 0.05) is 24.8 Å². The number of nitrogens with one attached hydrogen (secondary N) is 2. The van der Waals surface area contributed by atoms with Crippen LogP contribution in [-0.2, 0) is 9.53 Å². The van der Waals surface area contributed by atoms with Gasteiger partial charge in [0.1, 0.15) is 11.1 Å². The second kappa shape index (κ2) is 5.96. The maximum absolute atomic E-state index is 11.9. The highest BCUT2D eigenvalue weighted by Crippen LogP contribution is 2.27. The number of anilines is 1. The number of nitrogens with zero attached hydrogens (tertiary/aromatic N) is 1. The summed E-state index contributed by atoms with van der Waals surface area (Å²) in [5.74, 6) is -0.344. The topological polar surface area (TPSA) is 93.5 Å². The van der Waals surface area contributed by atoms with Crippen molar-refractivity contribution >= 4 is 28.9 Å². The van der Waals surface area contributed by atoms with E-state index < -0.39 is 11.0 Å². The van der Waals surface area contributed by atoms with Gasteiger partial charge in [-0.15, -0.1) is 0 Å². The number of halogens is 1. The molecule has 1 aromatic rings. The molecule has 2 N–H and O–H groups in total. The van der Waals surface area contributed by atoms with Gasteiger partial charge in [-0.05, 0) is 12.1 Å². The molecule has 0 aromatic heterocycles. The largest absolute Gasteiger partial charge is 0.366 e. The number of amides is 1. The molecule has 0 radical (unpaired) electrons. The van der Waals surface area contributed by atoms with Gasteiger partial charge in [-0.3, -0.25) is 14.9 Å². The zero-order chi connectivity index (χ0) is 13.8. The molecule has 8 heteroatoms. The van der Waals surface area contributed by atoms with Gasteiger partial charge in [0.05, 0.1) is 11.5 Å². The smallest absolute Gasteiger partial charge is 0.289 e. The summed E-state index contributed by atoms with van der Waals surface area (Å²) in [6, 6.07) is 4.09. The van der Waals surface area contributed by atoms with Gasteiger partial charge < -0.3 is 15.4 Å². The summed E-state index contributed by atoms with van der Waals surface area (Å²) < 4.78 is 5.28. The van der Waals surface area contributed by atoms with Gasteiger partial charge in [0.25, 0.3) is 11.6 Å². The fourth-order valence-electron chi connectivity index (χ4n) is 1.69. The first kappa shape index (κ1) is 13.7. The lowest BCUT2D eigenvalue weighted by Crippen LogP contribution is -2.45. The predicted molar refractivity (Wildman–Crippen MR) is 69.3 cm³/mol. The zero-order valence-corrected chi connectivity index (χ0v) is 10.6. The van der Waals surface area contributed by atoms with Crippen LogP contribution in [0, 0.1) is 10.1 Å². The normalized spacial score (nSPS) is 18.9. The van der Waals surface area contributed by atoms with E-state index in [1.54, 1.807) is 0 Å². The molecule has 0 aliphatic carbocycles. The zero-order valence-electron chi connectivity index (χ0n) is 9.89. The molecule has 1 saturated heterocycles. The first-order valence-corrected chi connectivity index (χ1v) is 6.03. The maximum Gasteiger partial charge on any atom is 0.289 e. The number of morpholine rings is 1. The first-order chi connectivity index (χ1) is 9.08. The minimum Gasteiger partial charge on any atom is -0.366 e. The van der Waals surface area contributed by atoms with E-state index in [1.807, 2.05) is 0 Å². The maximum atomic E-state index is 11.9. The summed E-state index contributed by atoms with van der Waals surface area (Å²) in [6.45, 7) is 1.58. The summed E-state index contributed by atoms with van der Waals surface area (Å²) >= 11 is 5.69. The van der Waals surface area contributed by atoms with Gasteiger partial charge in [0.15, 0.2) is 0 Å². The van der Waals surface area contributed by atoms with E-state index in [2.05, 4.69) is 10.6 Å². The van der Waals surface area contributed by atoms with Crippen LogP contribution >= 0.6 is 11.6 Å². The van der Waals surface area contributed by atoms with Crippen molar-refractivity contribution in [1.82, 2.24) is 5.32 Å². The fourth-order valence-corrected chi connectivity index (χ4v) is 1.87. The number of nitro groups is 1. The van der Waals surface area contributed by atoms with Gasteiger partial charge in [-0.1, -0.05) is 11.6 Å². The third-order valence-corrected chi connectivity index (χ3v) is 2.95. The van der Waals surface area contributed by atoms with Crippen molar-refractivity contribution in [3.8, 4) is 0 Å². The number of hydrogen-bond acceptors (Lipinski definition) is 5. The number of nitro benzene ring substituents is 1. The molecule has 2 rings (SSSR count). The van der Waals surface area contributed by atoms with Crippen LogP contribution in [0.15, 0.2) is 18.2 Å². The van der Waals surface area contributed by atoms with Crippen LogP contribution in [0.25, 0.3) is 0 Å². The second-order valence-corrected chi connectivity index (χ2v) is 4.38. The molecule has 7 nitrogen and oxygen atoms in total. The molecule has 1 unspecified atom stereocenters. The van der Waals surface area contributed by atoms with E-state index in [1.165, 1.54) is 18.2 Å². The van der Waals surface area contributed by atoms with Crippen molar-refractivity contribution in [1.29, 1.82) is 0 Å². The van der Waals surface area contributed by atoms with Crippen molar-refractivity contribution in [3.63, 3.8) is 0 Å². The molecule has 1 fully saturated rings. The van der Waals surface area contributed by atoms with E-state index in [-0.39, 0.29) is 16.6 Å². The Bertz CT molecular complexity index is 503. The van der Waals surface area contributed by atoms with Crippen molar-refractivity contribution in [3.05, 3.63) is 33.3 Å². The van der Waals surface area contributed by atoms with Gasteiger partial charge in [-0.2, -0.15) is 0 Å². The third-order valence-electron chi connectivity index (χ3n) is 2.63. The number of carbonyl (C=O) groups excluding carboxylic acids is 1. The molecule has 1 atom stereocenters. The highest BCUT2D eigenvalue weighted by molar-refractivity contribution is 6.32. The lowest BCUT2D eigenvalue weighted by Gasteiger charge is -2.22. The summed E-state index contributed by atoms with van der Waals surface area (Å²) in [5.41, 5.74) is 0.0671. The fraction of sp³-hybridized carbons (Fsp3) is 0.364. The van der Waals surface area contributed by atoms with Crippen molar-refractivity contribution in [2.75, 3.05) is 25.0 Å². The van der Waals surface area contributed by atoms with Crippen LogP contribution in [0.4, 0.5) is 11.4 Å². The molecule has 0 spiro atoms. The molecule has 1 aliphatic rings. The molecule has 19 heavy (non-hydrogen) atoms. The second-order valence-electron chi connectivity index (χ2n) is 3.98. The van der Waals surface area contributed by atoms with Crippen molar-refractivity contribution < 1.29 is 14.5 Å².